The van der Waals surface area contributed by atoms with E-state index in [-0.39, 0.29) is 11.1 Å². The van der Waals surface area contributed by atoms with Crippen molar-refractivity contribution in [3.63, 3.8) is 0 Å². The van der Waals surface area contributed by atoms with Gasteiger partial charge >= 0.3 is 0 Å². The van der Waals surface area contributed by atoms with Crippen LogP contribution in [0.5, 0.6) is 0 Å². The minimum absolute atomic E-state index is 0.0471. The van der Waals surface area contributed by atoms with E-state index in [1.54, 1.807) is 0 Å². The van der Waals surface area contributed by atoms with E-state index in [0.717, 1.165) is 30.7 Å². The fourth-order valence-corrected chi connectivity index (χ4v) is 5.63. The number of nitrogens with one attached hydrogen (secondary N) is 2. The van der Waals surface area contributed by atoms with Gasteiger partial charge < -0.3 is 10.6 Å². The van der Waals surface area contributed by atoms with Crippen LogP contribution in [0.3, 0.4) is 0 Å². The van der Waals surface area contributed by atoms with Crippen molar-refractivity contribution in [3.8, 4) is 0 Å². The van der Waals surface area contributed by atoms with Gasteiger partial charge in [-0.3, -0.25) is 0 Å². The largest absolute Gasteiger partial charge is 0.380 e. The van der Waals surface area contributed by atoms with E-state index in [2.05, 4.69) is 145 Å². The standard InChI is InChI=1S/C37H46N2/c1-25(24-31-23-21-29-15-11-13-17-33(29)35(31)27(3)39-37(7,8)9)18-19-30-22-20-28-14-10-12-16-32(28)34(30)26(2)38-36(4,5)6/h10-17,20-23,25,38-39H,2-3,18-19,24H2,1,4-9H3. The summed E-state index contributed by atoms with van der Waals surface area (Å²) < 4.78 is 0. The van der Waals surface area contributed by atoms with Crippen molar-refractivity contribution in [2.24, 2.45) is 5.92 Å². The lowest BCUT2D eigenvalue weighted by Gasteiger charge is -2.27. The van der Waals surface area contributed by atoms with Gasteiger partial charge in [0, 0.05) is 33.6 Å². The van der Waals surface area contributed by atoms with Gasteiger partial charge in [0.2, 0.25) is 0 Å². The van der Waals surface area contributed by atoms with Crippen molar-refractivity contribution < 1.29 is 0 Å². The number of benzene rings is 4. The number of fused-ring (bicyclic) bond motifs is 2. The molecule has 4 rings (SSSR count). The zero-order valence-corrected chi connectivity index (χ0v) is 25.0. The molecule has 0 spiro atoms. The summed E-state index contributed by atoms with van der Waals surface area (Å²) in [5.74, 6) is 0.510. The van der Waals surface area contributed by atoms with Crippen LogP contribution in [0.1, 0.15) is 77.1 Å². The molecule has 0 aliphatic rings. The van der Waals surface area contributed by atoms with Gasteiger partial charge in [-0.15, -0.1) is 0 Å². The molecule has 4 aromatic carbocycles. The summed E-state index contributed by atoms with van der Waals surface area (Å²) in [5.41, 5.74) is 7.14. The van der Waals surface area contributed by atoms with Gasteiger partial charge in [0.1, 0.15) is 0 Å². The summed E-state index contributed by atoms with van der Waals surface area (Å²) in [6, 6.07) is 26.4. The highest BCUT2D eigenvalue weighted by molar-refractivity contribution is 5.95. The average Bonchev–Trinajstić information content (AvgIpc) is 2.84. The van der Waals surface area contributed by atoms with Crippen LogP contribution < -0.4 is 10.6 Å². The van der Waals surface area contributed by atoms with E-state index >= 15 is 0 Å². The second-order valence-corrected chi connectivity index (χ2v) is 13.2. The van der Waals surface area contributed by atoms with Gasteiger partial charge in [0.25, 0.3) is 0 Å². The van der Waals surface area contributed by atoms with Gasteiger partial charge in [0.15, 0.2) is 0 Å². The molecular formula is C37H46N2. The Hall–Kier alpha value is -3.52. The molecular weight excluding hydrogens is 472 g/mol. The summed E-state index contributed by atoms with van der Waals surface area (Å²) >= 11 is 0. The molecule has 0 aromatic heterocycles. The van der Waals surface area contributed by atoms with E-state index in [0.29, 0.717) is 5.92 Å². The summed E-state index contributed by atoms with van der Waals surface area (Å²) in [5, 5.41) is 12.3. The van der Waals surface area contributed by atoms with E-state index in [9.17, 15) is 0 Å². The van der Waals surface area contributed by atoms with Crippen molar-refractivity contribution in [1.29, 1.82) is 0 Å². The Balaban J connectivity index is 1.61. The van der Waals surface area contributed by atoms with E-state index in [4.69, 9.17) is 0 Å². The quantitative estimate of drug-likeness (QED) is 0.230. The molecule has 0 aliphatic heterocycles. The van der Waals surface area contributed by atoms with Gasteiger partial charge in [0.05, 0.1) is 0 Å². The molecule has 4 aromatic rings. The Morgan fingerprint density at radius 2 is 1.08 bits per heavy atom. The van der Waals surface area contributed by atoms with Crippen LogP contribution in [0, 0.1) is 5.92 Å². The predicted molar refractivity (Wildman–Crippen MR) is 173 cm³/mol. The number of hydrogen-bond donors (Lipinski definition) is 2. The highest BCUT2D eigenvalue weighted by Crippen LogP contribution is 2.32. The van der Waals surface area contributed by atoms with Crippen molar-refractivity contribution >= 4 is 32.9 Å². The van der Waals surface area contributed by atoms with Gasteiger partial charge in [-0.25, -0.2) is 0 Å². The normalized spacial score (nSPS) is 12.9. The Labute approximate surface area is 236 Å². The molecule has 1 atom stereocenters. The first kappa shape index (κ1) is 28.5. The van der Waals surface area contributed by atoms with Crippen molar-refractivity contribution in [1.82, 2.24) is 10.6 Å². The van der Waals surface area contributed by atoms with Crippen LogP contribution in [0.15, 0.2) is 86.0 Å². The maximum absolute atomic E-state index is 4.48. The molecule has 0 aliphatic carbocycles. The molecule has 2 N–H and O–H groups in total. The molecule has 204 valence electrons. The van der Waals surface area contributed by atoms with Crippen LogP contribution in [0.25, 0.3) is 32.9 Å². The summed E-state index contributed by atoms with van der Waals surface area (Å²) in [4.78, 5) is 0. The monoisotopic (exact) mass is 518 g/mol. The molecule has 0 radical (unpaired) electrons. The van der Waals surface area contributed by atoms with Gasteiger partial charge in [-0.05, 0) is 99.4 Å². The summed E-state index contributed by atoms with van der Waals surface area (Å²) in [7, 11) is 0. The van der Waals surface area contributed by atoms with Gasteiger partial charge in [-0.2, -0.15) is 0 Å². The molecule has 0 bridgehead atoms. The topological polar surface area (TPSA) is 24.1 Å². The summed E-state index contributed by atoms with van der Waals surface area (Å²) in [6.45, 7) is 24.5. The Morgan fingerprint density at radius 3 is 1.56 bits per heavy atom. The molecule has 39 heavy (non-hydrogen) atoms. The minimum Gasteiger partial charge on any atom is -0.380 e. The molecule has 0 saturated heterocycles. The third kappa shape index (κ3) is 7.12. The SMILES string of the molecule is C=C(NC(C)(C)C)c1c(CCC(C)Cc2ccc3ccccc3c2C(=C)NC(C)(C)C)ccc2ccccc12. The van der Waals surface area contributed by atoms with Crippen LogP contribution in [0.2, 0.25) is 0 Å². The zero-order valence-electron chi connectivity index (χ0n) is 25.0. The predicted octanol–water partition coefficient (Wildman–Crippen LogP) is 9.52. The molecule has 0 fully saturated rings. The van der Waals surface area contributed by atoms with Crippen molar-refractivity contribution in [2.75, 3.05) is 0 Å². The molecule has 2 heteroatoms. The van der Waals surface area contributed by atoms with Crippen molar-refractivity contribution in [3.05, 3.63) is 108 Å². The lowest BCUT2D eigenvalue weighted by Crippen LogP contribution is -2.34. The van der Waals surface area contributed by atoms with Crippen molar-refractivity contribution in [2.45, 2.75) is 78.8 Å². The third-order valence-corrected chi connectivity index (χ3v) is 7.16. The fourth-order valence-electron chi connectivity index (χ4n) is 5.63. The molecule has 1 unspecified atom stereocenters. The van der Waals surface area contributed by atoms with Crippen LogP contribution in [-0.2, 0) is 12.8 Å². The molecule has 0 heterocycles. The molecule has 0 amide bonds. The van der Waals surface area contributed by atoms with E-state index < -0.39 is 0 Å². The molecule has 0 saturated carbocycles. The molecule has 2 nitrogen and oxygen atoms in total. The number of rotatable bonds is 9. The Kier molecular flexibility index (Phi) is 8.25. The highest BCUT2D eigenvalue weighted by atomic mass is 15.0. The minimum atomic E-state index is -0.0487. The lowest BCUT2D eigenvalue weighted by molar-refractivity contribution is 0.499. The number of hydrogen-bond acceptors (Lipinski definition) is 2. The lowest BCUT2D eigenvalue weighted by atomic mass is 9.87. The number of aryl methyl sites for hydroxylation is 1. The van der Waals surface area contributed by atoms with E-state index in [1.807, 2.05) is 0 Å². The van der Waals surface area contributed by atoms with E-state index in [1.165, 1.54) is 43.8 Å². The average molecular weight is 519 g/mol. The van der Waals surface area contributed by atoms with Gasteiger partial charge in [-0.1, -0.05) is 92.9 Å². The second-order valence-electron chi connectivity index (χ2n) is 13.2. The first-order valence-electron chi connectivity index (χ1n) is 14.3. The maximum atomic E-state index is 4.48. The smallest absolute Gasteiger partial charge is 0.0353 e. The summed E-state index contributed by atoms with van der Waals surface area (Å²) in [6.07, 6.45) is 3.12. The van der Waals surface area contributed by atoms with Crippen LogP contribution >= 0.6 is 0 Å². The highest BCUT2D eigenvalue weighted by Gasteiger charge is 2.19. The first-order chi connectivity index (χ1) is 18.3. The Bertz CT molecular complexity index is 1490. The zero-order chi connectivity index (χ0) is 28.4. The van der Waals surface area contributed by atoms with Crippen LogP contribution in [0.4, 0.5) is 0 Å². The maximum Gasteiger partial charge on any atom is 0.0353 e. The second kappa shape index (κ2) is 11.3. The fraction of sp³-hybridized carbons (Fsp3) is 0.351. The first-order valence-corrected chi connectivity index (χ1v) is 14.3. The Morgan fingerprint density at radius 1 is 0.641 bits per heavy atom. The van der Waals surface area contributed by atoms with Crippen LogP contribution in [-0.4, -0.2) is 11.1 Å². The third-order valence-electron chi connectivity index (χ3n) is 7.16.